The molecule has 0 radical (unpaired) electrons. The monoisotopic (exact) mass is 1060 g/mol. The lowest BCUT2D eigenvalue weighted by molar-refractivity contribution is -0.166. The van der Waals surface area contributed by atoms with Gasteiger partial charge in [-0.05, 0) is 77.0 Å². The summed E-state index contributed by atoms with van der Waals surface area (Å²) in [7, 11) is 0. The summed E-state index contributed by atoms with van der Waals surface area (Å²) in [5, 5.41) is 0. The molecule has 0 aliphatic heterocycles. The van der Waals surface area contributed by atoms with Crippen LogP contribution in [0, 0.1) is 0 Å². The Morgan fingerprint density at radius 2 is 0.566 bits per heavy atom. The van der Waals surface area contributed by atoms with E-state index < -0.39 is 12.1 Å². The largest absolute Gasteiger partial charge is 0.462 e. The van der Waals surface area contributed by atoms with E-state index in [1.165, 1.54) is 205 Å². The van der Waals surface area contributed by atoms with E-state index in [0.717, 1.165) is 77.0 Å². The Morgan fingerprint density at radius 1 is 0.289 bits per heavy atom. The van der Waals surface area contributed by atoms with Gasteiger partial charge in [0.1, 0.15) is 13.2 Å². The van der Waals surface area contributed by atoms with Crippen LogP contribution in [-0.4, -0.2) is 37.2 Å². The van der Waals surface area contributed by atoms with E-state index >= 15 is 0 Å². The van der Waals surface area contributed by atoms with Gasteiger partial charge < -0.3 is 14.2 Å². The number of allylic oxidation sites excluding steroid dienone is 13. The fourth-order valence-corrected chi connectivity index (χ4v) is 9.31. The zero-order chi connectivity index (χ0) is 55.0. The maximum atomic E-state index is 12.9. The Hall–Kier alpha value is -3.41. The summed E-state index contributed by atoms with van der Waals surface area (Å²) < 4.78 is 16.8. The minimum absolute atomic E-state index is 0.105. The topological polar surface area (TPSA) is 78.9 Å². The van der Waals surface area contributed by atoms with E-state index in [-0.39, 0.29) is 31.6 Å². The number of rotatable bonds is 59. The molecule has 0 rings (SSSR count). The van der Waals surface area contributed by atoms with Gasteiger partial charge in [0.15, 0.2) is 6.10 Å². The highest BCUT2D eigenvalue weighted by Gasteiger charge is 2.19. The molecule has 0 aliphatic carbocycles. The maximum Gasteiger partial charge on any atom is 0.309 e. The number of ether oxygens (including phenoxy) is 3. The van der Waals surface area contributed by atoms with Crippen LogP contribution in [0.2, 0.25) is 0 Å². The van der Waals surface area contributed by atoms with Crippen LogP contribution in [0.5, 0.6) is 0 Å². The van der Waals surface area contributed by atoms with Crippen molar-refractivity contribution >= 4 is 17.9 Å². The standard InChI is InChI=1S/C70H122O6/c1-4-7-10-13-16-19-22-25-28-30-32-34-35-36-38-39-42-45-48-51-54-57-60-63-69(72)75-66-67(65-74-68(71)62-59-56-53-50-47-44-41-27-24-21-18-15-12-9-6-3)76-70(73)64-61-58-55-52-49-46-43-40-37-33-31-29-26-23-20-17-14-11-8-5-2/h9,12,18,21-22,25,27,30,32,41,47,50,56,59,67H,4-8,10-11,13-17,19-20,23-24,26,28-29,31,33-40,42-46,48-49,51-55,57-58,60-66H2,1-3H3/b12-9-,21-18-,25-22-,32-30-,41-27-,50-47-,59-56-. The molecule has 0 N–H and O–H groups in total. The van der Waals surface area contributed by atoms with Crippen molar-refractivity contribution in [3.63, 3.8) is 0 Å². The first-order chi connectivity index (χ1) is 37.5. The molecule has 1 atom stereocenters. The van der Waals surface area contributed by atoms with Crippen LogP contribution in [0.4, 0.5) is 0 Å². The van der Waals surface area contributed by atoms with Gasteiger partial charge in [0, 0.05) is 12.8 Å². The highest BCUT2D eigenvalue weighted by atomic mass is 16.6. The number of unbranched alkanes of at least 4 members (excludes halogenated alkanes) is 35. The van der Waals surface area contributed by atoms with Crippen molar-refractivity contribution in [2.24, 2.45) is 0 Å². The van der Waals surface area contributed by atoms with Crippen molar-refractivity contribution in [2.75, 3.05) is 13.2 Å². The minimum atomic E-state index is -0.817. The van der Waals surface area contributed by atoms with Gasteiger partial charge >= 0.3 is 17.9 Å². The Morgan fingerprint density at radius 3 is 0.921 bits per heavy atom. The molecule has 0 saturated carbocycles. The summed E-state index contributed by atoms with van der Waals surface area (Å²) in [4.78, 5) is 38.3. The predicted molar refractivity (Wildman–Crippen MR) is 330 cm³/mol. The lowest BCUT2D eigenvalue weighted by Gasteiger charge is -2.18. The quantitative estimate of drug-likeness (QED) is 0.0261. The molecule has 0 aliphatic rings. The second-order valence-corrected chi connectivity index (χ2v) is 21.7. The summed E-state index contributed by atoms with van der Waals surface area (Å²) in [5.41, 5.74) is 0. The summed E-state index contributed by atoms with van der Waals surface area (Å²) in [6, 6.07) is 0. The summed E-state index contributed by atoms with van der Waals surface area (Å²) in [6.07, 6.45) is 84.8. The molecule has 0 aromatic carbocycles. The lowest BCUT2D eigenvalue weighted by Crippen LogP contribution is -2.30. The van der Waals surface area contributed by atoms with Crippen LogP contribution >= 0.6 is 0 Å². The first kappa shape index (κ1) is 72.6. The first-order valence-corrected chi connectivity index (χ1v) is 32.6. The summed E-state index contributed by atoms with van der Waals surface area (Å²) in [6.45, 7) is 6.47. The normalized spacial score (nSPS) is 12.6. The van der Waals surface area contributed by atoms with E-state index in [1.807, 2.05) is 6.08 Å². The molecule has 6 nitrogen and oxygen atoms in total. The Bertz CT molecular complexity index is 1450. The zero-order valence-corrected chi connectivity index (χ0v) is 50.3. The van der Waals surface area contributed by atoms with Gasteiger partial charge in [-0.25, -0.2) is 0 Å². The van der Waals surface area contributed by atoms with E-state index in [4.69, 9.17) is 14.2 Å². The van der Waals surface area contributed by atoms with Gasteiger partial charge in [-0.2, -0.15) is 0 Å². The van der Waals surface area contributed by atoms with Crippen molar-refractivity contribution in [3.8, 4) is 0 Å². The van der Waals surface area contributed by atoms with Gasteiger partial charge in [-0.3, -0.25) is 14.4 Å². The summed E-state index contributed by atoms with van der Waals surface area (Å²) in [5.74, 6) is -1.03. The van der Waals surface area contributed by atoms with Crippen molar-refractivity contribution in [2.45, 2.75) is 329 Å². The SMILES string of the molecule is CC/C=C\C/C=C\C/C=C\C/C=C\C/C=C\CC(=O)OCC(COC(=O)CCCCCCCCCCCCC/C=C\C/C=C\CCCCCCC)OC(=O)CCCCCCCCCCCCCCCCCCCCCC. The maximum absolute atomic E-state index is 12.9. The third-order valence-corrected chi connectivity index (χ3v) is 14.2. The molecular formula is C70H122O6. The van der Waals surface area contributed by atoms with Gasteiger partial charge in [-0.1, -0.05) is 311 Å². The van der Waals surface area contributed by atoms with Gasteiger partial charge in [0.25, 0.3) is 0 Å². The molecule has 0 aromatic rings. The van der Waals surface area contributed by atoms with Crippen molar-refractivity contribution in [1.29, 1.82) is 0 Å². The molecule has 1 unspecified atom stereocenters. The molecule has 0 amide bonds. The van der Waals surface area contributed by atoms with Crippen LogP contribution < -0.4 is 0 Å². The van der Waals surface area contributed by atoms with Crippen LogP contribution in [0.3, 0.4) is 0 Å². The molecule has 438 valence electrons. The Labute approximate surface area is 471 Å². The fraction of sp³-hybridized carbons (Fsp3) is 0.757. The molecule has 0 aromatic heterocycles. The second-order valence-electron chi connectivity index (χ2n) is 21.7. The highest BCUT2D eigenvalue weighted by Crippen LogP contribution is 2.17. The molecule has 6 heteroatoms. The molecule has 0 fully saturated rings. The van der Waals surface area contributed by atoms with Gasteiger partial charge in [-0.15, -0.1) is 0 Å². The van der Waals surface area contributed by atoms with Crippen LogP contribution in [0.15, 0.2) is 85.1 Å². The molecule has 0 spiro atoms. The Kier molecular flexibility index (Phi) is 61.2. The van der Waals surface area contributed by atoms with Crippen molar-refractivity contribution in [3.05, 3.63) is 85.1 Å². The van der Waals surface area contributed by atoms with E-state index in [9.17, 15) is 14.4 Å². The fourth-order valence-electron chi connectivity index (χ4n) is 9.31. The number of carbonyl (C=O) groups excluding carboxylic acids is 3. The minimum Gasteiger partial charge on any atom is -0.462 e. The molecular weight excluding hydrogens is 937 g/mol. The van der Waals surface area contributed by atoms with Crippen LogP contribution in [0.1, 0.15) is 323 Å². The van der Waals surface area contributed by atoms with E-state index in [2.05, 4.69) is 93.7 Å². The van der Waals surface area contributed by atoms with Crippen molar-refractivity contribution < 1.29 is 28.6 Å². The molecule has 0 bridgehead atoms. The Balaban J connectivity index is 4.39. The van der Waals surface area contributed by atoms with Gasteiger partial charge in [0.05, 0.1) is 6.42 Å². The average Bonchev–Trinajstić information content (AvgIpc) is 3.42. The highest BCUT2D eigenvalue weighted by molar-refractivity contribution is 5.72. The van der Waals surface area contributed by atoms with Gasteiger partial charge in [0.2, 0.25) is 0 Å². The van der Waals surface area contributed by atoms with E-state index in [1.54, 1.807) is 6.08 Å². The van der Waals surface area contributed by atoms with Crippen LogP contribution in [-0.2, 0) is 28.6 Å². The molecule has 0 saturated heterocycles. The van der Waals surface area contributed by atoms with Crippen LogP contribution in [0.25, 0.3) is 0 Å². The third-order valence-electron chi connectivity index (χ3n) is 14.2. The third kappa shape index (κ3) is 61.4. The first-order valence-electron chi connectivity index (χ1n) is 32.6. The predicted octanol–water partition coefficient (Wildman–Crippen LogP) is 22.3. The number of hydrogen-bond donors (Lipinski definition) is 0. The number of carbonyl (C=O) groups is 3. The van der Waals surface area contributed by atoms with E-state index in [0.29, 0.717) is 12.8 Å². The smallest absolute Gasteiger partial charge is 0.309 e. The second kappa shape index (κ2) is 64.1. The molecule has 76 heavy (non-hydrogen) atoms. The molecule has 0 heterocycles. The zero-order valence-electron chi connectivity index (χ0n) is 50.3. The number of hydrogen-bond acceptors (Lipinski definition) is 6. The number of esters is 3. The van der Waals surface area contributed by atoms with Crippen molar-refractivity contribution in [1.82, 2.24) is 0 Å². The average molecular weight is 1060 g/mol. The summed E-state index contributed by atoms with van der Waals surface area (Å²) >= 11 is 0. The lowest BCUT2D eigenvalue weighted by atomic mass is 10.0.